The Morgan fingerprint density at radius 1 is 1.15 bits per heavy atom. The summed E-state index contributed by atoms with van der Waals surface area (Å²) in [7, 11) is 0. The number of nitrogens with two attached hydrogens (primary N) is 4. The number of anilines is 3. The van der Waals surface area contributed by atoms with Crippen molar-refractivity contribution in [2.24, 2.45) is 16.9 Å². The quantitative estimate of drug-likeness (QED) is 0.425. The van der Waals surface area contributed by atoms with Gasteiger partial charge in [-0.15, -0.1) is 0 Å². The maximum atomic E-state index is 11.6. The van der Waals surface area contributed by atoms with E-state index in [2.05, 4.69) is 19.9 Å². The number of amides is 1. The van der Waals surface area contributed by atoms with E-state index in [0.29, 0.717) is 21.4 Å². The number of piperidine rings is 1. The van der Waals surface area contributed by atoms with Crippen LogP contribution in [-0.4, -0.2) is 33.9 Å². The predicted octanol–water partition coefficient (Wildman–Crippen LogP) is 2.78. The van der Waals surface area contributed by atoms with Crippen molar-refractivity contribution >= 4 is 46.7 Å². The molecule has 1 amide bonds. The molecule has 1 aliphatic heterocycles. The highest BCUT2D eigenvalue weighted by molar-refractivity contribution is 7.99. The zero-order chi connectivity index (χ0) is 24.0. The summed E-state index contributed by atoms with van der Waals surface area (Å²) in [4.78, 5) is 27.6. The third-order valence-electron chi connectivity index (χ3n) is 6.89. The Bertz CT molecular complexity index is 1280. The van der Waals surface area contributed by atoms with Gasteiger partial charge < -0.3 is 27.8 Å². The number of hydrogen-bond donors (Lipinski definition) is 4. The van der Waals surface area contributed by atoms with Crippen LogP contribution in [0.4, 0.5) is 17.5 Å². The maximum Gasteiger partial charge on any atom is 0.248 e. The Balaban J connectivity index is 1.29. The normalized spacial score (nSPS) is 18.8. The van der Waals surface area contributed by atoms with Crippen molar-refractivity contribution in [2.45, 2.75) is 35.2 Å². The third-order valence-corrected chi connectivity index (χ3v) is 8.47. The van der Waals surface area contributed by atoms with E-state index >= 15 is 0 Å². The number of benzene rings is 1. The second kappa shape index (κ2) is 8.61. The van der Waals surface area contributed by atoms with Gasteiger partial charge in [-0.05, 0) is 54.0 Å². The van der Waals surface area contributed by atoms with Gasteiger partial charge in [-0.25, -0.2) is 15.0 Å². The molecule has 176 valence electrons. The minimum absolute atomic E-state index is 0.0398. The van der Waals surface area contributed by atoms with Crippen molar-refractivity contribution in [2.75, 3.05) is 29.5 Å². The Morgan fingerprint density at radius 2 is 1.91 bits per heavy atom. The molecule has 0 radical (unpaired) electrons. The van der Waals surface area contributed by atoms with Crippen molar-refractivity contribution in [1.82, 2.24) is 15.0 Å². The molecule has 1 saturated heterocycles. The number of pyridine rings is 1. The lowest BCUT2D eigenvalue weighted by molar-refractivity contribution is 0.1000. The largest absolute Gasteiger partial charge is 0.382 e. The Hall–Kier alpha value is -3.08. The molecule has 1 unspecified atom stereocenters. The molecular weight excluding hydrogens is 472 g/mol. The van der Waals surface area contributed by atoms with Gasteiger partial charge in [0.1, 0.15) is 16.7 Å². The number of aromatic nitrogens is 3. The lowest BCUT2D eigenvalue weighted by atomic mass is 9.73. The minimum atomic E-state index is -0.432. The van der Waals surface area contributed by atoms with E-state index in [9.17, 15) is 4.79 Å². The zero-order valence-corrected chi connectivity index (χ0v) is 19.9. The van der Waals surface area contributed by atoms with Crippen molar-refractivity contribution < 1.29 is 4.79 Å². The molecule has 1 fully saturated rings. The van der Waals surface area contributed by atoms with Crippen LogP contribution in [0.2, 0.25) is 5.02 Å². The van der Waals surface area contributed by atoms with E-state index in [0.717, 1.165) is 48.6 Å². The van der Waals surface area contributed by atoms with Crippen LogP contribution in [-0.2, 0) is 6.42 Å². The summed E-state index contributed by atoms with van der Waals surface area (Å²) in [6, 6.07) is 7.26. The monoisotopic (exact) mass is 496 g/mol. The van der Waals surface area contributed by atoms with Gasteiger partial charge in [0.2, 0.25) is 5.91 Å². The molecule has 1 spiro atoms. The Morgan fingerprint density at radius 3 is 2.62 bits per heavy atom. The first kappa shape index (κ1) is 22.7. The molecule has 0 saturated carbocycles. The number of primary amides is 1. The van der Waals surface area contributed by atoms with Gasteiger partial charge >= 0.3 is 0 Å². The van der Waals surface area contributed by atoms with Crippen molar-refractivity contribution in [1.29, 1.82) is 0 Å². The van der Waals surface area contributed by atoms with Crippen LogP contribution in [0.1, 0.15) is 40.4 Å². The molecule has 34 heavy (non-hydrogen) atoms. The van der Waals surface area contributed by atoms with E-state index in [4.69, 9.17) is 34.5 Å². The summed E-state index contributed by atoms with van der Waals surface area (Å²) in [6.45, 7) is 1.58. The van der Waals surface area contributed by atoms with Gasteiger partial charge in [-0.2, -0.15) is 0 Å². The summed E-state index contributed by atoms with van der Waals surface area (Å²) in [5.74, 6) is 0.892. The molecule has 2 aromatic heterocycles. The highest BCUT2D eigenvalue weighted by Crippen LogP contribution is 2.51. The summed E-state index contributed by atoms with van der Waals surface area (Å²) in [6.07, 6.45) is 6.02. The maximum absolute atomic E-state index is 11.6. The molecule has 3 heterocycles. The fraction of sp³-hybridized carbons (Fsp3) is 0.304. The van der Waals surface area contributed by atoms with Crippen LogP contribution in [0.3, 0.4) is 0 Å². The lowest BCUT2D eigenvalue weighted by Gasteiger charge is -2.42. The van der Waals surface area contributed by atoms with Gasteiger partial charge in [0, 0.05) is 35.8 Å². The van der Waals surface area contributed by atoms with Crippen LogP contribution in [0.15, 0.2) is 46.6 Å². The zero-order valence-electron chi connectivity index (χ0n) is 18.4. The van der Waals surface area contributed by atoms with Gasteiger partial charge in [0.15, 0.2) is 5.82 Å². The van der Waals surface area contributed by atoms with E-state index in [1.165, 1.54) is 17.3 Å². The smallest absolute Gasteiger partial charge is 0.248 e. The molecule has 0 bridgehead atoms. The lowest BCUT2D eigenvalue weighted by Crippen LogP contribution is -2.44. The number of nitrogens with zero attached hydrogens (tertiary/aromatic N) is 4. The predicted molar refractivity (Wildman–Crippen MR) is 134 cm³/mol. The summed E-state index contributed by atoms with van der Waals surface area (Å²) >= 11 is 7.54. The average molecular weight is 497 g/mol. The highest BCUT2D eigenvalue weighted by Gasteiger charge is 2.46. The molecule has 11 heteroatoms. The first-order chi connectivity index (χ1) is 16.3. The number of nitrogen functional groups attached to an aromatic ring is 2. The number of rotatable bonds is 4. The van der Waals surface area contributed by atoms with Gasteiger partial charge in [0.25, 0.3) is 0 Å². The van der Waals surface area contributed by atoms with E-state index in [1.54, 1.807) is 24.5 Å². The second-order valence-corrected chi connectivity index (χ2v) is 10.2. The molecule has 1 aliphatic carbocycles. The number of carbonyl (C=O) groups excluding carboxylic acids is 1. The fourth-order valence-electron chi connectivity index (χ4n) is 4.92. The second-order valence-electron chi connectivity index (χ2n) is 8.81. The molecule has 8 N–H and O–H groups in total. The van der Waals surface area contributed by atoms with Crippen molar-refractivity contribution in [3.8, 4) is 0 Å². The number of fused-ring (bicyclic) bond motifs is 1. The van der Waals surface area contributed by atoms with Gasteiger partial charge in [-0.1, -0.05) is 29.4 Å². The molecule has 9 nitrogen and oxygen atoms in total. The SMILES string of the molecule is NC(=O)c1ccc2c(c1)C(N)C1(CCN(c3cnc(Sc4ccnc(N)c4Cl)c(N)n3)CC1)C2. The molecule has 1 atom stereocenters. The fourth-order valence-corrected chi connectivity index (χ4v) is 5.94. The summed E-state index contributed by atoms with van der Waals surface area (Å²) in [5.41, 5.74) is 26.9. The number of halogens is 1. The molecule has 5 rings (SSSR count). The van der Waals surface area contributed by atoms with Crippen LogP contribution in [0.5, 0.6) is 0 Å². The Labute approximate surface area is 206 Å². The van der Waals surface area contributed by atoms with Crippen LogP contribution >= 0.6 is 23.4 Å². The molecule has 3 aromatic rings. The van der Waals surface area contributed by atoms with Gasteiger partial charge in [-0.3, -0.25) is 4.79 Å². The Kier molecular flexibility index (Phi) is 5.75. The average Bonchev–Trinajstić information content (AvgIpc) is 3.09. The standard InChI is InChI=1S/C23H25ClN8OS/c24-17-15(3-6-29-19(17)26)34-22-20(27)31-16(11-30-22)32-7-4-23(5-8-32)10-13-2-1-12(21(28)33)9-14(13)18(23)25/h1-3,6,9,11,18H,4-5,7-8,10,25H2,(H2,26,29)(H2,27,31)(H2,28,33). The molecular formula is C23H25ClN8OS. The first-order valence-electron chi connectivity index (χ1n) is 10.9. The van der Waals surface area contributed by atoms with Crippen molar-refractivity contribution in [3.63, 3.8) is 0 Å². The van der Waals surface area contributed by atoms with E-state index in [1.807, 2.05) is 12.1 Å². The first-order valence-corrected chi connectivity index (χ1v) is 12.1. The number of hydrogen-bond acceptors (Lipinski definition) is 9. The van der Waals surface area contributed by atoms with Crippen LogP contribution < -0.4 is 27.8 Å². The minimum Gasteiger partial charge on any atom is -0.382 e. The van der Waals surface area contributed by atoms with Crippen LogP contribution in [0, 0.1) is 5.41 Å². The van der Waals surface area contributed by atoms with Gasteiger partial charge in [0.05, 0.1) is 11.2 Å². The third kappa shape index (κ3) is 3.91. The molecule has 1 aromatic carbocycles. The summed E-state index contributed by atoms with van der Waals surface area (Å²) < 4.78 is 0. The highest BCUT2D eigenvalue weighted by atomic mass is 35.5. The number of carbonyl (C=O) groups is 1. The van der Waals surface area contributed by atoms with Crippen LogP contribution in [0.25, 0.3) is 0 Å². The topological polar surface area (TPSA) is 163 Å². The van der Waals surface area contributed by atoms with E-state index < -0.39 is 5.91 Å². The summed E-state index contributed by atoms with van der Waals surface area (Å²) in [5, 5.41) is 0.930. The van der Waals surface area contributed by atoms with E-state index in [-0.39, 0.29) is 17.3 Å². The van der Waals surface area contributed by atoms with Crippen molar-refractivity contribution in [3.05, 3.63) is 58.4 Å². The molecule has 2 aliphatic rings.